The van der Waals surface area contributed by atoms with Crippen LogP contribution in [0.3, 0.4) is 0 Å². The van der Waals surface area contributed by atoms with Gasteiger partial charge in [-0.25, -0.2) is 18.9 Å². The van der Waals surface area contributed by atoms with E-state index in [1.54, 1.807) is 15.9 Å². The molecule has 2 aromatic carbocycles. The number of aryl methyl sites for hydroxylation is 1. The van der Waals surface area contributed by atoms with Crippen LogP contribution in [0.2, 0.25) is 0 Å². The van der Waals surface area contributed by atoms with Gasteiger partial charge in [0.05, 0.1) is 27.3 Å². The van der Waals surface area contributed by atoms with Crippen LogP contribution in [-0.2, 0) is 0 Å². The molecule has 1 N–H and O–H groups in total. The van der Waals surface area contributed by atoms with Crippen LogP contribution in [0.5, 0.6) is 11.5 Å². The number of fused-ring (bicyclic) bond motifs is 2. The standard InChI is InChI=1S/C25H22FN5OS.ClH/c1-15-14-31-24(28-15)21(32-18-5-3-2-4-6-18)13-20(30-31)17-11-19(26)23-22(12-17)33-25(29-23)16-7-9-27-10-8-16;/h2-6,11-14,16,27H,7-10H2,1H3;1H. The normalized spacial score (nSPS) is 14.4. The Morgan fingerprint density at radius 1 is 1.09 bits per heavy atom. The summed E-state index contributed by atoms with van der Waals surface area (Å²) >= 11 is 1.58. The highest BCUT2D eigenvalue weighted by molar-refractivity contribution is 7.18. The van der Waals surface area contributed by atoms with E-state index in [1.807, 2.05) is 55.6 Å². The minimum Gasteiger partial charge on any atom is -0.453 e. The monoisotopic (exact) mass is 495 g/mol. The molecule has 5 aromatic rings. The Bertz CT molecular complexity index is 1460. The van der Waals surface area contributed by atoms with Gasteiger partial charge in [0.25, 0.3) is 0 Å². The Morgan fingerprint density at radius 3 is 2.68 bits per heavy atom. The lowest BCUT2D eigenvalue weighted by Gasteiger charge is -2.20. The molecular weight excluding hydrogens is 473 g/mol. The molecule has 0 unspecified atom stereocenters. The second-order valence-corrected chi connectivity index (χ2v) is 9.40. The number of nitrogens with one attached hydrogen (secondary N) is 1. The van der Waals surface area contributed by atoms with Crippen LogP contribution in [0.25, 0.3) is 27.1 Å². The van der Waals surface area contributed by atoms with Gasteiger partial charge in [0, 0.05) is 17.5 Å². The first-order chi connectivity index (χ1) is 16.1. The van der Waals surface area contributed by atoms with E-state index in [4.69, 9.17) is 9.84 Å². The van der Waals surface area contributed by atoms with Gasteiger partial charge in [0.2, 0.25) is 0 Å². The number of hydrogen-bond acceptors (Lipinski definition) is 6. The van der Waals surface area contributed by atoms with Crippen LogP contribution >= 0.6 is 23.7 Å². The first-order valence-corrected chi connectivity index (χ1v) is 11.9. The molecule has 6 rings (SSSR count). The zero-order valence-electron chi connectivity index (χ0n) is 18.5. The third-order valence-corrected chi connectivity index (χ3v) is 7.10. The van der Waals surface area contributed by atoms with E-state index in [1.165, 1.54) is 6.07 Å². The molecule has 6 nitrogen and oxygen atoms in total. The third-order valence-electron chi connectivity index (χ3n) is 5.93. The van der Waals surface area contributed by atoms with E-state index in [0.717, 1.165) is 41.3 Å². The predicted octanol–water partition coefficient (Wildman–Crippen LogP) is 6.13. The average molecular weight is 496 g/mol. The number of rotatable bonds is 4. The van der Waals surface area contributed by atoms with Crippen molar-refractivity contribution in [3.63, 3.8) is 0 Å². The predicted molar refractivity (Wildman–Crippen MR) is 135 cm³/mol. The Morgan fingerprint density at radius 2 is 1.88 bits per heavy atom. The molecule has 0 saturated carbocycles. The molecular formula is C25H23ClFN5OS. The van der Waals surface area contributed by atoms with Gasteiger partial charge in [-0.3, -0.25) is 0 Å². The van der Waals surface area contributed by atoms with Crippen molar-refractivity contribution in [2.45, 2.75) is 25.7 Å². The fourth-order valence-electron chi connectivity index (χ4n) is 4.29. The highest BCUT2D eigenvalue weighted by Gasteiger charge is 2.21. The van der Waals surface area contributed by atoms with Crippen molar-refractivity contribution in [1.82, 2.24) is 24.9 Å². The molecule has 0 spiro atoms. The maximum atomic E-state index is 15.1. The Balaban J connectivity index is 0.00000241. The molecule has 0 aliphatic carbocycles. The van der Waals surface area contributed by atoms with E-state index in [9.17, 15) is 0 Å². The van der Waals surface area contributed by atoms with Crippen LogP contribution in [-0.4, -0.2) is 32.7 Å². The summed E-state index contributed by atoms with van der Waals surface area (Å²) in [6.07, 6.45) is 3.91. The van der Waals surface area contributed by atoms with Gasteiger partial charge in [-0.15, -0.1) is 23.7 Å². The molecule has 9 heteroatoms. The van der Waals surface area contributed by atoms with Crippen molar-refractivity contribution >= 4 is 39.6 Å². The van der Waals surface area contributed by atoms with Gasteiger partial charge >= 0.3 is 0 Å². The average Bonchev–Trinajstić information content (AvgIpc) is 3.44. The number of halogens is 2. The number of hydrogen-bond donors (Lipinski definition) is 1. The number of imidazole rings is 1. The summed E-state index contributed by atoms with van der Waals surface area (Å²) < 4.78 is 23.8. The van der Waals surface area contributed by atoms with Crippen LogP contribution in [0, 0.1) is 12.7 Å². The molecule has 1 fully saturated rings. The number of ether oxygens (including phenoxy) is 1. The topological polar surface area (TPSA) is 64.3 Å². The lowest BCUT2D eigenvalue weighted by molar-refractivity contribution is 0.459. The summed E-state index contributed by atoms with van der Waals surface area (Å²) in [7, 11) is 0. The number of benzene rings is 2. The minimum absolute atomic E-state index is 0. The summed E-state index contributed by atoms with van der Waals surface area (Å²) in [5, 5.41) is 9.09. The van der Waals surface area contributed by atoms with Crippen molar-refractivity contribution in [2.75, 3.05) is 13.1 Å². The smallest absolute Gasteiger partial charge is 0.197 e. The van der Waals surface area contributed by atoms with Crippen LogP contribution in [0.1, 0.15) is 29.5 Å². The molecule has 174 valence electrons. The van der Waals surface area contributed by atoms with Crippen molar-refractivity contribution in [3.8, 4) is 22.8 Å². The first kappa shape index (κ1) is 22.7. The SMILES string of the molecule is Cc1cn2nc(-c3cc(F)c4nc(C5CCNCC5)sc4c3)cc(Oc3ccccc3)c2n1.Cl. The minimum atomic E-state index is -0.326. The maximum Gasteiger partial charge on any atom is 0.197 e. The maximum absolute atomic E-state index is 15.1. The van der Waals surface area contributed by atoms with Crippen molar-refractivity contribution < 1.29 is 9.13 Å². The Labute approximate surface area is 206 Å². The fraction of sp³-hybridized carbons (Fsp3) is 0.240. The fourth-order valence-corrected chi connectivity index (χ4v) is 5.48. The largest absolute Gasteiger partial charge is 0.453 e. The van der Waals surface area contributed by atoms with Gasteiger partial charge in [-0.1, -0.05) is 18.2 Å². The summed E-state index contributed by atoms with van der Waals surface area (Å²) in [6.45, 7) is 3.87. The second-order valence-electron chi connectivity index (χ2n) is 8.34. The molecule has 3 aromatic heterocycles. The lowest BCUT2D eigenvalue weighted by Crippen LogP contribution is -2.26. The summed E-state index contributed by atoms with van der Waals surface area (Å²) in [5.41, 5.74) is 3.19. The number of piperidine rings is 1. The highest BCUT2D eigenvalue weighted by atomic mass is 35.5. The molecule has 0 radical (unpaired) electrons. The molecule has 0 bridgehead atoms. The lowest BCUT2D eigenvalue weighted by atomic mass is 9.99. The molecule has 34 heavy (non-hydrogen) atoms. The molecule has 0 atom stereocenters. The Kier molecular flexibility index (Phi) is 6.20. The van der Waals surface area contributed by atoms with E-state index in [2.05, 4.69) is 15.3 Å². The van der Waals surface area contributed by atoms with E-state index in [0.29, 0.717) is 39.8 Å². The molecule has 1 saturated heterocycles. The molecule has 1 aliphatic heterocycles. The quantitative estimate of drug-likeness (QED) is 0.324. The van der Waals surface area contributed by atoms with E-state index < -0.39 is 0 Å². The van der Waals surface area contributed by atoms with E-state index >= 15 is 4.39 Å². The number of thiazole rings is 1. The van der Waals surface area contributed by atoms with Crippen LogP contribution < -0.4 is 10.1 Å². The summed E-state index contributed by atoms with van der Waals surface area (Å²) in [4.78, 5) is 9.21. The van der Waals surface area contributed by atoms with Gasteiger partial charge < -0.3 is 10.1 Å². The van der Waals surface area contributed by atoms with Crippen LogP contribution in [0.15, 0.2) is 54.7 Å². The van der Waals surface area contributed by atoms with Gasteiger partial charge in [0.15, 0.2) is 17.2 Å². The molecule has 1 aliphatic rings. The van der Waals surface area contributed by atoms with Gasteiger partial charge in [-0.2, -0.15) is 5.10 Å². The Hall–Kier alpha value is -3.07. The first-order valence-electron chi connectivity index (χ1n) is 11.0. The van der Waals surface area contributed by atoms with Gasteiger partial charge in [0.1, 0.15) is 11.3 Å². The molecule has 0 amide bonds. The van der Waals surface area contributed by atoms with Crippen LogP contribution in [0.4, 0.5) is 4.39 Å². The van der Waals surface area contributed by atoms with Gasteiger partial charge in [-0.05, 0) is 57.1 Å². The second kappa shape index (κ2) is 9.29. The van der Waals surface area contributed by atoms with E-state index in [-0.39, 0.29) is 18.2 Å². The number of nitrogens with zero attached hydrogens (tertiary/aromatic N) is 4. The highest BCUT2D eigenvalue weighted by Crippen LogP contribution is 2.37. The third kappa shape index (κ3) is 4.24. The van der Waals surface area contributed by atoms with Crippen molar-refractivity contribution in [3.05, 3.63) is 71.2 Å². The number of aromatic nitrogens is 4. The van der Waals surface area contributed by atoms with Crippen molar-refractivity contribution in [2.24, 2.45) is 0 Å². The zero-order chi connectivity index (χ0) is 22.4. The summed E-state index contributed by atoms with van der Waals surface area (Å²) in [6, 6.07) is 14.9. The van der Waals surface area contributed by atoms with Crippen molar-refractivity contribution in [1.29, 1.82) is 0 Å². The molecule has 4 heterocycles. The summed E-state index contributed by atoms with van der Waals surface area (Å²) in [5.74, 6) is 1.33. The zero-order valence-corrected chi connectivity index (χ0v) is 20.1. The number of para-hydroxylation sites is 1.